The van der Waals surface area contributed by atoms with Gasteiger partial charge in [0.2, 0.25) is 5.91 Å². The third kappa shape index (κ3) is 4.06. The van der Waals surface area contributed by atoms with E-state index in [2.05, 4.69) is 0 Å². The summed E-state index contributed by atoms with van der Waals surface area (Å²) in [6.45, 7) is 0.541. The summed E-state index contributed by atoms with van der Waals surface area (Å²) < 4.78 is 43.3. The number of methoxy groups -OCH3 is 1. The molecule has 0 aliphatic carbocycles. The second-order valence-corrected chi connectivity index (χ2v) is 6.00. The number of nitrogens with zero attached hydrogens (tertiary/aromatic N) is 1. The van der Waals surface area contributed by atoms with Crippen LogP contribution in [0, 0.1) is 0 Å². The van der Waals surface area contributed by atoms with Crippen LogP contribution in [0.5, 0.6) is 0 Å². The molecular formula is C16H21F3N2O3. The van der Waals surface area contributed by atoms with Crippen LogP contribution in [-0.4, -0.2) is 48.8 Å². The fraction of sp³-hybridized carbons (Fsp3) is 0.562. The lowest BCUT2D eigenvalue weighted by atomic mass is 9.83. The Hall–Kier alpha value is -1.64. The second-order valence-electron chi connectivity index (χ2n) is 6.00. The SMILES string of the molecule is COC[C@@H](N)C(=O)N1CCC(O)(c2cccc(C(F)(F)F)c2)CC1. The largest absolute Gasteiger partial charge is 0.416 e. The molecule has 1 saturated heterocycles. The van der Waals surface area contributed by atoms with Gasteiger partial charge in [-0.2, -0.15) is 13.2 Å². The summed E-state index contributed by atoms with van der Waals surface area (Å²) in [6.07, 6.45) is -4.16. The molecule has 1 heterocycles. The van der Waals surface area contributed by atoms with E-state index in [0.717, 1.165) is 12.1 Å². The Labute approximate surface area is 138 Å². The first-order chi connectivity index (χ1) is 11.2. The van der Waals surface area contributed by atoms with Gasteiger partial charge in [0, 0.05) is 20.2 Å². The van der Waals surface area contributed by atoms with E-state index in [4.69, 9.17) is 10.5 Å². The van der Waals surface area contributed by atoms with Crippen molar-refractivity contribution in [3.8, 4) is 0 Å². The van der Waals surface area contributed by atoms with E-state index < -0.39 is 23.4 Å². The van der Waals surface area contributed by atoms with Crippen molar-refractivity contribution in [2.24, 2.45) is 5.73 Å². The Bertz CT molecular complexity index is 584. The maximum absolute atomic E-state index is 12.8. The molecule has 24 heavy (non-hydrogen) atoms. The molecule has 1 aliphatic heterocycles. The third-order valence-electron chi connectivity index (χ3n) is 4.29. The van der Waals surface area contributed by atoms with E-state index in [1.54, 1.807) is 0 Å². The molecule has 5 nitrogen and oxygen atoms in total. The highest BCUT2D eigenvalue weighted by atomic mass is 19.4. The number of carbonyl (C=O) groups is 1. The first kappa shape index (κ1) is 18.7. The molecule has 1 fully saturated rings. The lowest BCUT2D eigenvalue weighted by Gasteiger charge is -2.39. The van der Waals surface area contributed by atoms with E-state index in [1.165, 1.54) is 24.1 Å². The Balaban J connectivity index is 2.08. The fourth-order valence-corrected chi connectivity index (χ4v) is 2.86. The van der Waals surface area contributed by atoms with Crippen LogP contribution in [0.4, 0.5) is 13.2 Å². The Morgan fingerprint density at radius 3 is 2.58 bits per heavy atom. The van der Waals surface area contributed by atoms with Crippen molar-refractivity contribution < 1.29 is 27.8 Å². The zero-order chi connectivity index (χ0) is 18.0. The number of carbonyl (C=O) groups excluding carboxylic acids is 1. The lowest BCUT2D eigenvalue weighted by molar-refractivity contribution is -0.138. The molecule has 2 rings (SSSR count). The average molecular weight is 346 g/mol. The van der Waals surface area contributed by atoms with Crippen molar-refractivity contribution >= 4 is 5.91 Å². The van der Waals surface area contributed by atoms with Crippen molar-refractivity contribution in [2.45, 2.75) is 30.7 Å². The number of amides is 1. The number of nitrogens with two attached hydrogens (primary N) is 1. The third-order valence-corrected chi connectivity index (χ3v) is 4.29. The standard InChI is InChI=1S/C16H21F3N2O3/c1-24-10-13(20)14(22)21-7-5-15(23,6-8-21)11-3-2-4-12(9-11)16(17,18)19/h2-4,9,13,23H,5-8,10,20H2,1H3/t13-/m1/s1. The van der Waals surface area contributed by atoms with Gasteiger partial charge in [-0.25, -0.2) is 0 Å². The minimum absolute atomic E-state index is 0.0905. The second kappa shape index (κ2) is 7.08. The van der Waals surface area contributed by atoms with E-state index in [0.29, 0.717) is 0 Å². The zero-order valence-electron chi connectivity index (χ0n) is 13.3. The van der Waals surface area contributed by atoms with Gasteiger partial charge in [0.05, 0.1) is 17.8 Å². The summed E-state index contributed by atoms with van der Waals surface area (Å²) in [7, 11) is 1.44. The number of benzene rings is 1. The molecule has 8 heteroatoms. The number of hydrogen-bond donors (Lipinski definition) is 2. The summed E-state index contributed by atoms with van der Waals surface area (Å²) in [5.74, 6) is -0.289. The Morgan fingerprint density at radius 1 is 1.42 bits per heavy atom. The molecule has 134 valence electrons. The normalized spacial score (nSPS) is 19.2. The summed E-state index contributed by atoms with van der Waals surface area (Å²) in [4.78, 5) is 13.6. The maximum Gasteiger partial charge on any atom is 0.416 e. The van der Waals surface area contributed by atoms with Crippen molar-refractivity contribution in [3.05, 3.63) is 35.4 Å². The molecule has 0 aromatic heterocycles. The molecule has 0 saturated carbocycles. The Kier molecular flexibility index (Phi) is 5.52. The van der Waals surface area contributed by atoms with Crippen molar-refractivity contribution in [1.82, 2.24) is 4.90 Å². The van der Waals surface area contributed by atoms with Crippen molar-refractivity contribution in [1.29, 1.82) is 0 Å². The summed E-state index contributed by atoms with van der Waals surface area (Å²) in [5.41, 5.74) is 3.73. The predicted octanol–water partition coefficient (Wildman–Crippen LogP) is 1.49. The van der Waals surface area contributed by atoms with Crippen molar-refractivity contribution in [3.63, 3.8) is 0 Å². The summed E-state index contributed by atoms with van der Waals surface area (Å²) in [6, 6.07) is 3.91. The van der Waals surface area contributed by atoms with E-state index in [-0.39, 0.29) is 44.0 Å². The highest BCUT2D eigenvalue weighted by molar-refractivity contribution is 5.81. The molecule has 1 amide bonds. The molecule has 1 aliphatic rings. The van der Waals surface area contributed by atoms with E-state index >= 15 is 0 Å². The van der Waals surface area contributed by atoms with Crippen LogP contribution >= 0.6 is 0 Å². The lowest BCUT2D eigenvalue weighted by Crippen LogP contribution is -2.51. The van der Waals surface area contributed by atoms with Crippen LogP contribution in [0.15, 0.2) is 24.3 Å². The minimum Gasteiger partial charge on any atom is -0.385 e. The molecule has 1 aromatic rings. The molecule has 0 unspecified atom stereocenters. The van der Waals surface area contributed by atoms with Crippen LogP contribution in [0.2, 0.25) is 0 Å². The monoisotopic (exact) mass is 346 g/mol. The van der Waals surface area contributed by atoms with E-state index in [1.807, 2.05) is 0 Å². The Morgan fingerprint density at radius 2 is 2.04 bits per heavy atom. The number of halogens is 3. The van der Waals surface area contributed by atoms with Gasteiger partial charge in [0.1, 0.15) is 6.04 Å². The van der Waals surface area contributed by atoms with Gasteiger partial charge in [-0.05, 0) is 30.5 Å². The van der Waals surface area contributed by atoms with Crippen LogP contribution in [0.3, 0.4) is 0 Å². The minimum atomic E-state index is -4.46. The number of hydrogen-bond acceptors (Lipinski definition) is 4. The molecule has 1 aromatic carbocycles. The van der Waals surface area contributed by atoms with Gasteiger partial charge < -0.3 is 20.5 Å². The maximum atomic E-state index is 12.8. The number of aliphatic hydroxyl groups is 1. The average Bonchev–Trinajstić information content (AvgIpc) is 2.54. The van der Waals surface area contributed by atoms with Crippen LogP contribution in [0.25, 0.3) is 0 Å². The fourth-order valence-electron chi connectivity index (χ4n) is 2.86. The van der Waals surface area contributed by atoms with Gasteiger partial charge in [-0.15, -0.1) is 0 Å². The first-order valence-electron chi connectivity index (χ1n) is 7.61. The van der Waals surface area contributed by atoms with Gasteiger partial charge >= 0.3 is 6.18 Å². The van der Waals surface area contributed by atoms with Crippen LogP contribution < -0.4 is 5.73 Å². The smallest absolute Gasteiger partial charge is 0.385 e. The molecule has 0 radical (unpaired) electrons. The first-order valence-corrected chi connectivity index (χ1v) is 7.61. The van der Waals surface area contributed by atoms with Gasteiger partial charge in [-0.3, -0.25) is 4.79 Å². The topological polar surface area (TPSA) is 75.8 Å². The molecule has 0 bridgehead atoms. The molecule has 3 N–H and O–H groups in total. The number of ether oxygens (including phenoxy) is 1. The predicted molar refractivity (Wildman–Crippen MR) is 81.0 cm³/mol. The quantitative estimate of drug-likeness (QED) is 0.866. The number of alkyl halides is 3. The van der Waals surface area contributed by atoms with E-state index in [9.17, 15) is 23.1 Å². The zero-order valence-corrected chi connectivity index (χ0v) is 13.3. The molecule has 0 spiro atoms. The molecular weight excluding hydrogens is 325 g/mol. The van der Waals surface area contributed by atoms with Gasteiger partial charge in [0.15, 0.2) is 0 Å². The molecule has 1 atom stereocenters. The summed E-state index contributed by atoms with van der Waals surface area (Å²) >= 11 is 0. The summed E-state index contributed by atoms with van der Waals surface area (Å²) in [5, 5.41) is 10.7. The van der Waals surface area contributed by atoms with Crippen LogP contribution in [0.1, 0.15) is 24.0 Å². The van der Waals surface area contributed by atoms with Gasteiger partial charge in [0.25, 0.3) is 0 Å². The number of rotatable bonds is 4. The highest BCUT2D eigenvalue weighted by Gasteiger charge is 2.38. The number of likely N-dealkylation sites (tertiary alicyclic amines) is 1. The highest BCUT2D eigenvalue weighted by Crippen LogP contribution is 2.36. The van der Waals surface area contributed by atoms with Gasteiger partial charge in [-0.1, -0.05) is 12.1 Å². The van der Waals surface area contributed by atoms with Crippen molar-refractivity contribution in [2.75, 3.05) is 26.8 Å². The number of piperidine rings is 1. The van der Waals surface area contributed by atoms with Crippen LogP contribution in [-0.2, 0) is 21.3 Å².